The van der Waals surface area contributed by atoms with E-state index in [1.54, 1.807) is 12.1 Å². The standard InChI is InChI=1S/C17H20N2O2/c18-12-15-4-2-1-3-14(15)11-17(21)19-10-9-13-5-7-16(20)8-6-13/h1-8,20H,9-12,18H2,(H,19,21). The Morgan fingerprint density at radius 3 is 2.38 bits per heavy atom. The molecule has 4 nitrogen and oxygen atoms in total. The molecule has 0 bridgehead atoms. The molecule has 2 aromatic carbocycles. The van der Waals surface area contributed by atoms with Crippen molar-refractivity contribution in [3.05, 3.63) is 65.2 Å². The van der Waals surface area contributed by atoms with E-state index in [1.165, 1.54) is 0 Å². The molecule has 0 heterocycles. The van der Waals surface area contributed by atoms with Gasteiger partial charge in [0.25, 0.3) is 0 Å². The molecule has 0 spiro atoms. The number of rotatable bonds is 6. The monoisotopic (exact) mass is 284 g/mol. The zero-order chi connectivity index (χ0) is 15.1. The number of carbonyl (C=O) groups excluding carboxylic acids is 1. The Balaban J connectivity index is 1.81. The number of nitrogens with one attached hydrogen (secondary N) is 1. The number of aromatic hydroxyl groups is 1. The maximum absolute atomic E-state index is 11.9. The molecule has 4 N–H and O–H groups in total. The van der Waals surface area contributed by atoms with Crippen molar-refractivity contribution < 1.29 is 9.90 Å². The molecule has 0 aliphatic carbocycles. The molecule has 110 valence electrons. The smallest absolute Gasteiger partial charge is 0.224 e. The molecule has 0 atom stereocenters. The minimum atomic E-state index is -0.00493. The topological polar surface area (TPSA) is 75.4 Å². The predicted octanol–water partition coefficient (Wildman–Crippen LogP) is 1.75. The SMILES string of the molecule is NCc1ccccc1CC(=O)NCCc1ccc(O)cc1. The fourth-order valence-electron chi connectivity index (χ4n) is 2.17. The lowest BCUT2D eigenvalue weighted by molar-refractivity contribution is -0.120. The van der Waals surface area contributed by atoms with E-state index in [-0.39, 0.29) is 11.7 Å². The van der Waals surface area contributed by atoms with E-state index in [4.69, 9.17) is 5.73 Å². The van der Waals surface area contributed by atoms with E-state index >= 15 is 0 Å². The van der Waals surface area contributed by atoms with Gasteiger partial charge < -0.3 is 16.2 Å². The zero-order valence-corrected chi connectivity index (χ0v) is 11.9. The average Bonchev–Trinajstić information content (AvgIpc) is 2.50. The van der Waals surface area contributed by atoms with Gasteiger partial charge in [0, 0.05) is 13.1 Å². The number of nitrogens with two attached hydrogens (primary N) is 1. The summed E-state index contributed by atoms with van der Waals surface area (Å²) >= 11 is 0. The number of hydrogen-bond donors (Lipinski definition) is 3. The summed E-state index contributed by atoms with van der Waals surface area (Å²) in [5, 5.41) is 12.1. The van der Waals surface area contributed by atoms with E-state index in [0.717, 1.165) is 23.1 Å². The van der Waals surface area contributed by atoms with Crippen molar-refractivity contribution in [1.29, 1.82) is 0 Å². The number of benzene rings is 2. The van der Waals surface area contributed by atoms with E-state index in [2.05, 4.69) is 5.32 Å². The fourth-order valence-corrected chi connectivity index (χ4v) is 2.17. The molecule has 2 rings (SSSR count). The van der Waals surface area contributed by atoms with Crippen LogP contribution in [0.3, 0.4) is 0 Å². The van der Waals surface area contributed by atoms with Gasteiger partial charge >= 0.3 is 0 Å². The van der Waals surface area contributed by atoms with Gasteiger partial charge in [0.05, 0.1) is 6.42 Å². The highest BCUT2D eigenvalue weighted by atomic mass is 16.3. The molecule has 0 unspecified atom stereocenters. The van der Waals surface area contributed by atoms with Crippen molar-refractivity contribution in [3.8, 4) is 5.75 Å². The van der Waals surface area contributed by atoms with Crippen LogP contribution in [0, 0.1) is 0 Å². The van der Waals surface area contributed by atoms with Gasteiger partial charge in [-0.25, -0.2) is 0 Å². The molecule has 0 aromatic heterocycles. The summed E-state index contributed by atoms with van der Waals surface area (Å²) in [7, 11) is 0. The second-order valence-electron chi connectivity index (χ2n) is 4.92. The Kier molecular flexibility index (Phi) is 5.35. The summed E-state index contributed by atoms with van der Waals surface area (Å²) in [5.41, 5.74) is 8.72. The minimum Gasteiger partial charge on any atom is -0.508 e. The second-order valence-corrected chi connectivity index (χ2v) is 4.92. The van der Waals surface area contributed by atoms with Crippen molar-refractivity contribution in [3.63, 3.8) is 0 Å². The molecule has 2 aromatic rings. The Labute approximate surface area is 124 Å². The van der Waals surface area contributed by atoms with Crippen LogP contribution in [0.15, 0.2) is 48.5 Å². The molecule has 4 heteroatoms. The minimum absolute atomic E-state index is 0.00493. The van der Waals surface area contributed by atoms with E-state index in [0.29, 0.717) is 19.5 Å². The Hall–Kier alpha value is -2.33. The van der Waals surface area contributed by atoms with Crippen LogP contribution >= 0.6 is 0 Å². The lowest BCUT2D eigenvalue weighted by Gasteiger charge is -2.08. The van der Waals surface area contributed by atoms with Gasteiger partial charge in [-0.3, -0.25) is 4.79 Å². The van der Waals surface area contributed by atoms with Crippen LogP contribution in [0.2, 0.25) is 0 Å². The van der Waals surface area contributed by atoms with E-state index < -0.39 is 0 Å². The molecule has 0 aliphatic rings. The van der Waals surface area contributed by atoms with Crippen molar-refractivity contribution in [1.82, 2.24) is 5.32 Å². The van der Waals surface area contributed by atoms with Crippen LogP contribution in [0.1, 0.15) is 16.7 Å². The van der Waals surface area contributed by atoms with Crippen LogP contribution in [0.5, 0.6) is 5.75 Å². The van der Waals surface area contributed by atoms with Gasteiger partial charge in [0.15, 0.2) is 0 Å². The van der Waals surface area contributed by atoms with Crippen LogP contribution in [0.25, 0.3) is 0 Å². The van der Waals surface area contributed by atoms with Crippen LogP contribution in [0.4, 0.5) is 0 Å². The van der Waals surface area contributed by atoms with Gasteiger partial charge in [-0.1, -0.05) is 36.4 Å². The normalized spacial score (nSPS) is 10.3. The maximum Gasteiger partial charge on any atom is 0.224 e. The summed E-state index contributed by atoms with van der Waals surface area (Å²) in [6, 6.07) is 14.7. The van der Waals surface area contributed by atoms with Crippen LogP contribution in [-0.2, 0) is 24.2 Å². The van der Waals surface area contributed by atoms with Crippen molar-refractivity contribution >= 4 is 5.91 Å². The van der Waals surface area contributed by atoms with Crippen molar-refractivity contribution in [2.75, 3.05) is 6.54 Å². The predicted molar refractivity (Wildman–Crippen MR) is 82.9 cm³/mol. The Morgan fingerprint density at radius 2 is 1.71 bits per heavy atom. The summed E-state index contributed by atoms with van der Waals surface area (Å²) in [5.74, 6) is 0.246. The maximum atomic E-state index is 11.9. The number of carbonyl (C=O) groups is 1. The molecular weight excluding hydrogens is 264 g/mol. The number of hydrogen-bond acceptors (Lipinski definition) is 3. The lowest BCUT2D eigenvalue weighted by atomic mass is 10.0. The molecular formula is C17H20N2O2. The zero-order valence-electron chi connectivity index (χ0n) is 11.9. The third kappa shape index (κ3) is 4.61. The molecule has 1 amide bonds. The molecule has 0 saturated carbocycles. The van der Waals surface area contributed by atoms with E-state index in [9.17, 15) is 9.90 Å². The van der Waals surface area contributed by atoms with E-state index in [1.807, 2.05) is 36.4 Å². The number of phenols is 1. The molecule has 0 fully saturated rings. The first-order chi connectivity index (χ1) is 10.2. The lowest BCUT2D eigenvalue weighted by Crippen LogP contribution is -2.27. The third-order valence-corrected chi connectivity index (χ3v) is 3.36. The highest BCUT2D eigenvalue weighted by Gasteiger charge is 2.06. The van der Waals surface area contributed by atoms with Crippen LogP contribution < -0.4 is 11.1 Å². The van der Waals surface area contributed by atoms with Crippen LogP contribution in [-0.4, -0.2) is 17.6 Å². The molecule has 0 aliphatic heterocycles. The summed E-state index contributed by atoms with van der Waals surface area (Å²) in [6.07, 6.45) is 1.09. The molecule has 21 heavy (non-hydrogen) atoms. The van der Waals surface area contributed by atoms with Gasteiger partial charge in [-0.05, 0) is 35.2 Å². The summed E-state index contributed by atoms with van der Waals surface area (Å²) in [4.78, 5) is 11.9. The molecule has 0 saturated heterocycles. The first-order valence-electron chi connectivity index (χ1n) is 7.00. The second kappa shape index (κ2) is 7.45. The van der Waals surface area contributed by atoms with Gasteiger partial charge in [-0.2, -0.15) is 0 Å². The van der Waals surface area contributed by atoms with Crippen molar-refractivity contribution in [2.45, 2.75) is 19.4 Å². The molecule has 0 radical (unpaired) electrons. The summed E-state index contributed by atoms with van der Waals surface area (Å²) < 4.78 is 0. The quantitative estimate of drug-likeness (QED) is 0.756. The first-order valence-corrected chi connectivity index (χ1v) is 7.00. The van der Waals surface area contributed by atoms with Gasteiger partial charge in [0.2, 0.25) is 5.91 Å². The van der Waals surface area contributed by atoms with Crippen molar-refractivity contribution in [2.24, 2.45) is 5.73 Å². The largest absolute Gasteiger partial charge is 0.508 e. The highest BCUT2D eigenvalue weighted by Crippen LogP contribution is 2.10. The Morgan fingerprint density at radius 1 is 1.05 bits per heavy atom. The summed E-state index contributed by atoms with van der Waals surface area (Å²) in [6.45, 7) is 1.02. The number of phenolic OH excluding ortho intramolecular Hbond substituents is 1. The average molecular weight is 284 g/mol. The van der Waals surface area contributed by atoms with Gasteiger partial charge in [-0.15, -0.1) is 0 Å². The fraction of sp³-hybridized carbons (Fsp3) is 0.235. The van der Waals surface area contributed by atoms with Gasteiger partial charge in [0.1, 0.15) is 5.75 Å². The first kappa shape index (κ1) is 15.1. The number of amides is 1. The Bertz CT molecular complexity index is 594. The highest BCUT2D eigenvalue weighted by molar-refractivity contribution is 5.78. The third-order valence-electron chi connectivity index (χ3n) is 3.36.